The molecule has 0 spiro atoms. The standard InChI is InChI=1S/C14H22N4O2S2/c15-13(21)14(22)18(9-7-16-5-1-3-11(16)19)10-8-17-6-2-4-12(17)20/h1-10H2,(H2,15,21). The number of rotatable bonds is 6. The van der Waals surface area contributed by atoms with Gasteiger partial charge in [-0.25, -0.2) is 0 Å². The van der Waals surface area contributed by atoms with Crippen LogP contribution in [0, 0.1) is 0 Å². The van der Waals surface area contributed by atoms with Crippen LogP contribution in [0.3, 0.4) is 0 Å². The molecule has 2 amide bonds. The van der Waals surface area contributed by atoms with Crippen LogP contribution in [-0.2, 0) is 9.59 Å². The molecule has 22 heavy (non-hydrogen) atoms. The van der Waals surface area contributed by atoms with Crippen LogP contribution in [0.25, 0.3) is 0 Å². The SMILES string of the molecule is NC(=S)C(=S)N(CCN1CCCC1=O)CCN1CCCC1=O. The molecule has 2 fully saturated rings. The Hall–Kier alpha value is -1.28. The van der Waals surface area contributed by atoms with Gasteiger partial charge >= 0.3 is 0 Å². The minimum Gasteiger partial charge on any atom is -0.388 e. The van der Waals surface area contributed by atoms with Crippen LogP contribution in [0.4, 0.5) is 0 Å². The number of nitrogens with two attached hydrogens (primary N) is 1. The van der Waals surface area contributed by atoms with E-state index in [-0.39, 0.29) is 16.8 Å². The first kappa shape index (κ1) is 17.1. The Labute approximate surface area is 141 Å². The van der Waals surface area contributed by atoms with Crippen molar-refractivity contribution in [1.29, 1.82) is 0 Å². The van der Waals surface area contributed by atoms with Crippen LogP contribution in [-0.4, -0.2) is 75.8 Å². The van der Waals surface area contributed by atoms with Gasteiger partial charge in [-0.15, -0.1) is 0 Å². The normalized spacial score (nSPS) is 18.2. The van der Waals surface area contributed by atoms with Crippen molar-refractivity contribution < 1.29 is 9.59 Å². The number of nitrogens with zero attached hydrogens (tertiary/aromatic N) is 3. The second kappa shape index (κ2) is 7.82. The molecule has 122 valence electrons. The zero-order chi connectivity index (χ0) is 16.1. The molecule has 0 atom stereocenters. The van der Waals surface area contributed by atoms with Gasteiger partial charge < -0.3 is 20.4 Å². The highest BCUT2D eigenvalue weighted by atomic mass is 32.1. The van der Waals surface area contributed by atoms with Crippen molar-refractivity contribution in [2.75, 3.05) is 39.3 Å². The van der Waals surface area contributed by atoms with E-state index in [0.29, 0.717) is 44.0 Å². The van der Waals surface area contributed by atoms with Crippen molar-refractivity contribution in [2.24, 2.45) is 5.73 Å². The van der Waals surface area contributed by atoms with Crippen molar-refractivity contribution in [2.45, 2.75) is 25.7 Å². The molecule has 0 bridgehead atoms. The summed E-state index contributed by atoms with van der Waals surface area (Å²) < 4.78 is 0. The maximum Gasteiger partial charge on any atom is 0.222 e. The summed E-state index contributed by atoms with van der Waals surface area (Å²) in [5.41, 5.74) is 5.65. The van der Waals surface area contributed by atoms with Gasteiger partial charge in [0.05, 0.1) is 0 Å². The van der Waals surface area contributed by atoms with E-state index in [0.717, 1.165) is 25.9 Å². The summed E-state index contributed by atoms with van der Waals surface area (Å²) in [5, 5.41) is 0. The number of likely N-dealkylation sites (tertiary alicyclic amines) is 2. The van der Waals surface area contributed by atoms with Crippen LogP contribution < -0.4 is 5.73 Å². The molecular formula is C14H22N4O2S2. The molecule has 0 saturated carbocycles. The molecule has 0 aromatic carbocycles. The first-order valence-corrected chi connectivity index (χ1v) is 8.45. The lowest BCUT2D eigenvalue weighted by atomic mass is 10.4. The molecule has 0 aromatic rings. The van der Waals surface area contributed by atoms with Crippen molar-refractivity contribution in [1.82, 2.24) is 14.7 Å². The van der Waals surface area contributed by atoms with E-state index < -0.39 is 0 Å². The summed E-state index contributed by atoms with van der Waals surface area (Å²) in [6.45, 7) is 4.05. The molecule has 2 aliphatic rings. The number of carbonyl (C=O) groups is 2. The number of carbonyl (C=O) groups excluding carboxylic acids is 2. The average molecular weight is 342 g/mol. The third-order valence-corrected chi connectivity index (χ3v) is 4.92. The molecule has 2 aliphatic heterocycles. The van der Waals surface area contributed by atoms with Gasteiger partial charge in [-0.2, -0.15) is 0 Å². The van der Waals surface area contributed by atoms with Crippen molar-refractivity contribution >= 4 is 46.2 Å². The molecule has 2 saturated heterocycles. The van der Waals surface area contributed by atoms with Crippen molar-refractivity contribution in [3.8, 4) is 0 Å². The Morgan fingerprint density at radius 2 is 1.45 bits per heavy atom. The van der Waals surface area contributed by atoms with Gasteiger partial charge in [0.1, 0.15) is 9.98 Å². The highest BCUT2D eigenvalue weighted by Gasteiger charge is 2.24. The van der Waals surface area contributed by atoms with Gasteiger partial charge in [0.2, 0.25) is 11.8 Å². The molecule has 2 N–H and O–H groups in total. The molecule has 0 aliphatic carbocycles. The van der Waals surface area contributed by atoms with E-state index in [2.05, 4.69) is 0 Å². The number of hydrogen-bond donors (Lipinski definition) is 1. The predicted octanol–water partition coefficient (Wildman–Crippen LogP) is 0.147. The lowest BCUT2D eigenvalue weighted by Crippen LogP contribution is -2.46. The molecule has 0 aromatic heterocycles. The zero-order valence-electron chi connectivity index (χ0n) is 12.6. The zero-order valence-corrected chi connectivity index (χ0v) is 14.3. The minimum absolute atomic E-state index is 0.190. The molecule has 2 heterocycles. The smallest absolute Gasteiger partial charge is 0.222 e. The summed E-state index contributed by atoms with van der Waals surface area (Å²) in [7, 11) is 0. The van der Waals surface area contributed by atoms with E-state index in [1.165, 1.54) is 0 Å². The Morgan fingerprint density at radius 1 is 1.00 bits per heavy atom. The van der Waals surface area contributed by atoms with Crippen LogP contribution in [0.15, 0.2) is 0 Å². The second-order valence-corrected chi connectivity index (χ2v) is 6.45. The number of hydrogen-bond acceptors (Lipinski definition) is 4. The highest BCUT2D eigenvalue weighted by Crippen LogP contribution is 2.11. The summed E-state index contributed by atoms with van der Waals surface area (Å²) in [6, 6.07) is 0. The topological polar surface area (TPSA) is 69.9 Å². The van der Waals surface area contributed by atoms with Gasteiger partial charge in [-0.3, -0.25) is 9.59 Å². The fraction of sp³-hybridized carbons (Fsp3) is 0.714. The second-order valence-electron chi connectivity index (χ2n) is 5.63. The van der Waals surface area contributed by atoms with Crippen molar-refractivity contribution in [3.05, 3.63) is 0 Å². The van der Waals surface area contributed by atoms with E-state index in [1.54, 1.807) is 0 Å². The molecule has 2 rings (SSSR count). The van der Waals surface area contributed by atoms with Gasteiger partial charge in [0, 0.05) is 52.1 Å². The fourth-order valence-electron chi connectivity index (χ4n) is 2.83. The van der Waals surface area contributed by atoms with Crippen molar-refractivity contribution in [3.63, 3.8) is 0 Å². The van der Waals surface area contributed by atoms with Gasteiger partial charge in [-0.1, -0.05) is 24.4 Å². The van der Waals surface area contributed by atoms with Crippen LogP contribution >= 0.6 is 24.4 Å². The maximum absolute atomic E-state index is 11.7. The maximum atomic E-state index is 11.7. The van der Waals surface area contributed by atoms with Crippen LogP contribution in [0.5, 0.6) is 0 Å². The first-order valence-electron chi connectivity index (χ1n) is 7.63. The molecular weight excluding hydrogens is 320 g/mol. The third kappa shape index (κ3) is 4.36. The van der Waals surface area contributed by atoms with Gasteiger partial charge in [0.15, 0.2) is 0 Å². The third-order valence-electron chi connectivity index (χ3n) is 4.12. The monoisotopic (exact) mass is 342 g/mol. The number of amides is 2. The number of thiocarbonyl (C=S) groups is 2. The molecule has 0 radical (unpaired) electrons. The van der Waals surface area contributed by atoms with Gasteiger partial charge in [-0.05, 0) is 12.8 Å². The van der Waals surface area contributed by atoms with E-state index >= 15 is 0 Å². The summed E-state index contributed by atoms with van der Waals surface area (Å²) in [5.74, 6) is 0.381. The molecule has 0 unspecified atom stereocenters. The summed E-state index contributed by atoms with van der Waals surface area (Å²) in [6.07, 6.45) is 3.09. The summed E-state index contributed by atoms with van der Waals surface area (Å²) in [4.78, 5) is 29.6. The minimum atomic E-state index is 0.190. The quantitative estimate of drug-likeness (QED) is 0.693. The first-order chi connectivity index (χ1) is 10.5. The Kier molecular flexibility index (Phi) is 6.07. The fourth-order valence-corrected chi connectivity index (χ4v) is 3.15. The van der Waals surface area contributed by atoms with E-state index in [4.69, 9.17) is 30.2 Å². The predicted molar refractivity (Wildman–Crippen MR) is 92.6 cm³/mol. The van der Waals surface area contributed by atoms with E-state index in [9.17, 15) is 9.59 Å². The van der Waals surface area contributed by atoms with Gasteiger partial charge in [0.25, 0.3) is 0 Å². The Morgan fingerprint density at radius 3 is 1.77 bits per heavy atom. The lowest BCUT2D eigenvalue weighted by Gasteiger charge is -2.29. The molecule has 8 heteroatoms. The average Bonchev–Trinajstić information content (AvgIpc) is 3.07. The Balaban J connectivity index is 1.87. The van der Waals surface area contributed by atoms with Crippen LogP contribution in [0.2, 0.25) is 0 Å². The summed E-state index contributed by atoms with van der Waals surface area (Å²) >= 11 is 10.3. The Bertz CT molecular complexity index is 453. The largest absolute Gasteiger partial charge is 0.388 e. The van der Waals surface area contributed by atoms with Crippen LogP contribution in [0.1, 0.15) is 25.7 Å². The molecule has 6 nitrogen and oxygen atoms in total. The van der Waals surface area contributed by atoms with E-state index in [1.807, 2.05) is 14.7 Å². The highest BCUT2D eigenvalue weighted by molar-refractivity contribution is 7.89. The lowest BCUT2D eigenvalue weighted by molar-refractivity contribution is -0.128.